The van der Waals surface area contributed by atoms with Crippen LogP contribution in [-0.2, 0) is 4.79 Å². The van der Waals surface area contributed by atoms with E-state index in [2.05, 4.69) is 34.3 Å². The lowest BCUT2D eigenvalue weighted by atomic mass is 10.0. The zero-order valence-corrected chi connectivity index (χ0v) is 18.8. The van der Waals surface area contributed by atoms with Gasteiger partial charge in [-0.15, -0.1) is 0 Å². The van der Waals surface area contributed by atoms with Gasteiger partial charge in [-0.2, -0.15) is 0 Å². The summed E-state index contributed by atoms with van der Waals surface area (Å²) in [6, 6.07) is 0. The van der Waals surface area contributed by atoms with E-state index < -0.39 is 5.54 Å². The van der Waals surface area contributed by atoms with Gasteiger partial charge in [0.15, 0.2) is 10.2 Å². The molecule has 0 aromatic rings. The third kappa shape index (κ3) is 5.09. The van der Waals surface area contributed by atoms with Gasteiger partial charge in [-0.25, -0.2) is 0 Å². The van der Waals surface area contributed by atoms with E-state index in [1.165, 1.54) is 32.1 Å². The monoisotopic (exact) mass is 413 g/mol. The molecule has 2 rings (SSSR count). The summed E-state index contributed by atoms with van der Waals surface area (Å²) in [5.74, 6) is -0.0489. The van der Waals surface area contributed by atoms with Crippen molar-refractivity contribution < 1.29 is 4.79 Å². The molecule has 2 aliphatic heterocycles. The van der Waals surface area contributed by atoms with E-state index in [0.717, 1.165) is 37.8 Å². The van der Waals surface area contributed by atoms with Gasteiger partial charge in [0, 0.05) is 32.7 Å². The summed E-state index contributed by atoms with van der Waals surface area (Å²) in [7, 11) is 0. The molecule has 154 valence electrons. The molecule has 0 radical (unpaired) electrons. The van der Waals surface area contributed by atoms with Crippen LogP contribution in [0.25, 0.3) is 0 Å². The Labute approximate surface area is 175 Å². The molecule has 1 amide bonds. The van der Waals surface area contributed by atoms with Crippen LogP contribution in [-0.4, -0.2) is 75.3 Å². The van der Waals surface area contributed by atoms with Crippen molar-refractivity contribution in [2.45, 2.75) is 71.5 Å². The van der Waals surface area contributed by atoms with Crippen LogP contribution in [0.15, 0.2) is 0 Å². The highest BCUT2D eigenvalue weighted by Crippen LogP contribution is 2.27. The minimum absolute atomic E-state index is 0.0489. The molecule has 1 unspecified atom stereocenters. The fourth-order valence-corrected chi connectivity index (χ4v) is 4.68. The van der Waals surface area contributed by atoms with Crippen molar-refractivity contribution in [1.82, 2.24) is 25.3 Å². The number of hydrogen-bond acceptors (Lipinski definition) is 4. The molecule has 2 fully saturated rings. The largest absolute Gasteiger partial charge is 0.349 e. The Balaban J connectivity index is 2.07. The second-order valence-electron chi connectivity index (χ2n) is 7.84. The van der Waals surface area contributed by atoms with E-state index in [1.807, 2.05) is 18.7 Å². The third-order valence-electron chi connectivity index (χ3n) is 5.54. The summed E-state index contributed by atoms with van der Waals surface area (Å²) in [4.78, 5) is 18.9. The van der Waals surface area contributed by atoms with Crippen molar-refractivity contribution in [2.75, 3.05) is 32.7 Å². The van der Waals surface area contributed by atoms with Crippen molar-refractivity contribution in [2.24, 2.45) is 0 Å². The summed E-state index contributed by atoms with van der Waals surface area (Å²) in [5, 5.41) is 7.62. The van der Waals surface area contributed by atoms with Crippen molar-refractivity contribution in [3.05, 3.63) is 0 Å². The Morgan fingerprint density at radius 1 is 1.26 bits per heavy atom. The number of carbonyl (C=O) groups is 1. The van der Waals surface area contributed by atoms with Crippen LogP contribution in [0.1, 0.15) is 59.8 Å². The smallest absolute Gasteiger partial charge is 0.251 e. The van der Waals surface area contributed by atoms with E-state index in [4.69, 9.17) is 24.4 Å². The van der Waals surface area contributed by atoms with E-state index in [9.17, 15) is 4.79 Å². The number of piperazine rings is 1. The SMILES string of the molecule is CCCCCCCN(CC)C(=S)N1CCNCC1N1C(=S)NC(=O)C1(C)C. The first-order valence-electron chi connectivity index (χ1n) is 10.3. The zero-order chi connectivity index (χ0) is 20.0. The highest BCUT2D eigenvalue weighted by molar-refractivity contribution is 7.80. The van der Waals surface area contributed by atoms with E-state index in [0.29, 0.717) is 5.11 Å². The molecule has 2 aliphatic rings. The molecule has 2 heterocycles. The summed E-state index contributed by atoms with van der Waals surface area (Å²) >= 11 is 11.4. The Morgan fingerprint density at radius 2 is 1.96 bits per heavy atom. The quantitative estimate of drug-likeness (QED) is 0.468. The van der Waals surface area contributed by atoms with Gasteiger partial charge < -0.3 is 25.3 Å². The fourth-order valence-electron chi connectivity index (χ4n) is 3.80. The Bertz CT molecular complexity index is 554. The maximum atomic E-state index is 12.3. The first-order chi connectivity index (χ1) is 12.8. The first-order valence-corrected chi connectivity index (χ1v) is 11.1. The molecule has 1 atom stereocenters. The lowest BCUT2D eigenvalue weighted by Crippen LogP contribution is -2.66. The van der Waals surface area contributed by atoms with Gasteiger partial charge >= 0.3 is 0 Å². The van der Waals surface area contributed by atoms with Crippen LogP contribution in [0, 0.1) is 0 Å². The maximum absolute atomic E-state index is 12.3. The Kier molecular flexibility index (Phi) is 8.24. The van der Waals surface area contributed by atoms with E-state index in [-0.39, 0.29) is 12.1 Å². The molecule has 0 aliphatic carbocycles. The minimum Gasteiger partial charge on any atom is -0.349 e. The molecular weight excluding hydrogens is 378 g/mol. The standard InChI is InChI=1S/C19H35N5OS2/c1-5-7-8-9-10-12-22(6-2)18(27)23-13-11-20-14-15(23)24-17(26)21-16(25)19(24,3)4/h15,20H,5-14H2,1-4H3,(H,21,25,26). The molecular formula is C19H35N5OS2. The average Bonchev–Trinajstić information content (AvgIpc) is 2.84. The molecule has 2 N–H and O–H groups in total. The summed E-state index contributed by atoms with van der Waals surface area (Å²) in [6.45, 7) is 12.5. The molecule has 8 heteroatoms. The Hall–Kier alpha value is -0.990. The molecule has 0 aromatic carbocycles. The summed E-state index contributed by atoms with van der Waals surface area (Å²) in [6.07, 6.45) is 6.22. The van der Waals surface area contributed by atoms with Gasteiger partial charge in [0.05, 0.1) is 0 Å². The lowest BCUT2D eigenvalue weighted by Gasteiger charge is -2.48. The molecule has 6 nitrogen and oxygen atoms in total. The van der Waals surface area contributed by atoms with Crippen molar-refractivity contribution in [1.29, 1.82) is 0 Å². The number of thiocarbonyl (C=S) groups is 2. The fraction of sp³-hybridized carbons (Fsp3) is 0.842. The molecule has 0 spiro atoms. The van der Waals surface area contributed by atoms with E-state index in [1.54, 1.807) is 0 Å². The number of nitrogens with one attached hydrogen (secondary N) is 2. The van der Waals surface area contributed by atoms with Gasteiger partial charge in [0.1, 0.15) is 11.7 Å². The molecule has 0 saturated carbocycles. The van der Waals surface area contributed by atoms with Crippen molar-refractivity contribution in [3.63, 3.8) is 0 Å². The predicted octanol–water partition coefficient (Wildman–Crippen LogP) is 2.29. The Morgan fingerprint density at radius 3 is 2.56 bits per heavy atom. The second kappa shape index (κ2) is 9.98. The highest BCUT2D eigenvalue weighted by atomic mass is 32.1. The molecule has 2 saturated heterocycles. The van der Waals surface area contributed by atoms with Gasteiger partial charge in [-0.05, 0) is 51.6 Å². The van der Waals surface area contributed by atoms with Crippen LogP contribution in [0.3, 0.4) is 0 Å². The predicted molar refractivity (Wildman–Crippen MR) is 119 cm³/mol. The van der Waals surface area contributed by atoms with Crippen LogP contribution >= 0.6 is 24.4 Å². The number of amides is 1. The van der Waals surface area contributed by atoms with Gasteiger partial charge in [0.25, 0.3) is 5.91 Å². The number of unbranched alkanes of at least 4 members (excludes halogenated alkanes) is 4. The summed E-state index contributed by atoms with van der Waals surface area (Å²) < 4.78 is 0. The maximum Gasteiger partial charge on any atom is 0.251 e. The van der Waals surface area contributed by atoms with Crippen LogP contribution < -0.4 is 10.6 Å². The van der Waals surface area contributed by atoms with Crippen molar-refractivity contribution in [3.8, 4) is 0 Å². The normalized spacial score (nSPS) is 22.1. The third-order valence-corrected chi connectivity index (χ3v) is 6.33. The zero-order valence-electron chi connectivity index (χ0n) is 17.2. The van der Waals surface area contributed by atoms with Crippen LogP contribution in [0.2, 0.25) is 0 Å². The molecule has 0 aromatic heterocycles. The second-order valence-corrected chi connectivity index (χ2v) is 8.59. The van der Waals surface area contributed by atoms with Gasteiger partial charge in [0.2, 0.25) is 0 Å². The van der Waals surface area contributed by atoms with Crippen LogP contribution in [0.4, 0.5) is 0 Å². The lowest BCUT2D eigenvalue weighted by molar-refractivity contribution is -0.126. The van der Waals surface area contributed by atoms with Crippen molar-refractivity contribution >= 4 is 40.6 Å². The first kappa shape index (κ1) is 22.3. The minimum atomic E-state index is -0.675. The number of carbonyl (C=O) groups excluding carboxylic acids is 1. The highest BCUT2D eigenvalue weighted by Gasteiger charge is 2.49. The average molecular weight is 414 g/mol. The topological polar surface area (TPSA) is 50.9 Å². The molecule has 27 heavy (non-hydrogen) atoms. The number of rotatable bonds is 8. The van der Waals surface area contributed by atoms with E-state index >= 15 is 0 Å². The number of hydrogen-bond donors (Lipinski definition) is 2. The van der Waals surface area contributed by atoms with Gasteiger partial charge in [-0.3, -0.25) is 4.79 Å². The summed E-state index contributed by atoms with van der Waals surface area (Å²) in [5.41, 5.74) is -0.675. The molecule has 0 bridgehead atoms. The van der Waals surface area contributed by atoms with Crippen LogP contribution in [0.5, 0.6) is 0 Å². The number of nitrogens with zero attached hydrogens (tertiary/aromatic N) is 3. The van der Waals surface area contributed by atoms with Gasteiger partial charge in [-0.1, -0.05) is 32.6 Å².